The summed E-state index contributed by atoms with van der Waals surface area (Å²) >= 11 is 0. The predicted molar refractivity (Wildman–Crippen MR) is 48.7 cm³/mol. The van der Waals surface area contributed by atoms with E-state index in [0.29, 0.717) is 6.04 Å². The molecular weight excluding hydrogens is 176 g/mol. The first-order valence-electron chi connectivity index (χ1n) is 3.88. The lowest BCUT2D eigenvalue weighted by molar-refractivity contribution is 0.288. The maximum Gasteiger partial charge on any atom is 0.0964 e. The van der Waals surface area contributed by atoms with Crippen LogP contribution in [0.2, 0.25) is 0 Å². The molecule has 68 valence electrons. The van der Waals surface area contributed by atoms with Crippen LogP contribution in [0.3, 0.4) is 0 Å². The maximum absolute atomic E-state index is 4.30. The SMILES string of the molecule is Cc1nn(C2CNC2)nc1C.Cl. The van der Waals surface area contributed by atoms with Gasteiger partial charge in [0.05, 0.1) is 17.4 Å². The van der Waals surface area contributed by atoms with Crippen molar-refractivity contribution in [2.45, 2.75) is 19.9 Å². The van der Waals surface area contributed by atoms with E-state index in [-0.39, 0.29) is 12.4 Å². The van der Waals surface area contributed by atoms with Crippen molar-refractivity contribution in [3.8, 4) is 0 Å². The molecule has 0 unspecified atom stereocenters. The summed E-state index contributed by atoms with van der Waals surface area (Å²) < 4.78 is 0. The third-order valence-corrected chi connectivity index (χ3v) is 2.12. The molecule has 1 aliphatic rings. The molecule has 0 amide bonds. The molecule has 0 aliphatic carbocycles. The third kappa shape index (κ3) is 1.44. The summed E-state index contributed by atoms with van der Waals surface area (Å²) in [6.07, 6.45) is 0. The Hall–Kier alpha value is -0.610. The Kier molecular flexibility index (Phi) is 2.69. The average molecular weight is 189 g/mol. The van der Waals surface area contributed by atoms with Gasteiger partial charge in [0.1, 0.15) is 0 Å². The van der Waals surface area contributed by atoms with E-state index in [1.165, 1.54) is 0 Å². The van der Waals surface area contributed by atoms with Crippen molar-refractivity contribution in [1.29, 1.82) is 0 Å². The van der Waals surface area contributed by atoms with Gasteiger partial charge in [-0.2, -0.15) is 15.0 Å². The Morgan fingerprint density at radius 2 is 1.75 bits per heavy atom. The van der Waals surface area contributed by atoms with Gasteiger partial charge in [-0.15, -0.1) is 12.4 Å². The first-order valence-corrected chi connectivity index (χ1v) is 3.88. The molecule has 0 saturated carbocycles. The van der Waals surface area contributed by atoms with Gasteiger partial charge < -0.3 is 5.32 Å². The lowest BCUT2D eigenvalue weighted by Gasteiger charge is -2.25. The minimum absolute atomic E-state index is 0. The fourth-order valence-electron chi connectivity index (χ4n) is 1.07. The van der Waals surface area contributed by atoms with Gasteiger partial charge in [-0.1, -0.05) is 0 Å². The Morgan fingerprint density at radius 1 is 1.25 bits per heavy atom. The predicted octanol–water partition coefficient (Wildman–Crippen LogP) is 0.461. The second-order valence-corrected chi connectivity index (χ2v) is 3.00. The van der Waals surface area contributed by atoms with Crippen molar-refractivity contribution < 1.29 is 0 Å². The second-order valence-electron chi connectivity index (χ2n) is 3.00. The molecule has 1 N–H and O–H groups in total. The van der Waals surface area contributed by atoms with Crippen molar-refractivity contribution in [2.75, 3.05) is 13.1 Å². The first kappa shape index (κ1) is 9.48. The highest BCUT2D eigenvalue weighted by molar-refractivity contribution is 5.85. The van der Waals surface area contributed by atoms with Gasteiger partial charge in [0, 0.05) is 13.1 Å². The van der Waals surface area contributed by atoms with Crippen molar-refractivity contribution in [3.05, 3.63) is 11.4 Å². The van der Waals surface area contributed by atoms with Gasteiger partial charge in [0.25, 0.3) is 0 Å². The van der Waals surface area contributed by atoms with Crippen LogP contribution >= 0.6 is 12.4 Å². The molecule has 4 nitrogen and oxygen atoms in total. The molecule has 0 spiro atoms. The van der Waals surface area contributed by atoms with E-state index in [1.54, 1.807) is 0 Å². The lowest BCUT2D eigenvalue weighted by Crippen LogP contribution is -2.44. The Morgan fingerprint density at radius 3 is 2.08 bits per heavy atom. The summed E-state index contributed by atoms with van der Waals surface area (Å²) in [5.74, 6) is 0. The van der Waals surface area contributed by atoms with Gasteiger partial charge in [-0.25, -0.2) is 0 Å². The highest BCUT2D eigenvalue weighted by atomic mass is 35.5. The lowest BCUT2D eigenvalue weighted by atomic mass is 10.2. The molecule has 1 saturated heterocycles. The highest BCUT2D eigenvalue weighted by Crippen LogP contribution is 2.09. The van der Waals surface area contributed by atoms with Gasteiger partial charge >= 0.3 is 0 Å². The van der Waals surface area contributed by atoms with Crippen LogP contribution in [0.25, 0.3) is 0 Å². The zero-order valence-corrected chi connectivity index (χ0v) is 8.06. The van der Waals surface area contributed by atoms with Gasteiger partial charge in [-0.05, 0) is 13.8 Å². The van der Waals surface area contributed by atoms with Crippen LogP contribution in [-0.2, 0) is 0 Å². The summed E-state index contributed by atoms with van der Waals surface area (Å²) in [6.45, 7) is 6.00. The number of nitrogens with one attached hydrogen (secondary N) is 1. The van der Waals surface area contributed by atoms with Crippen LogP contribution in [0, 0.1) is 13.8 Å². The number of hydrogen-bond acceptors (Lipinski definition) is 3. The molecule has 1 aromatic heterocycles. The fraction of sp³-hybridized carbons (Fsp3) is 0.714. The molecule has 0 aromatic carbocycles. The van der Waals surface area contributed by atoms with Crippen LogP contribution in [-0.4, -0.2) is 28.1 Å². The monoisotopic (exact) mass is 188 g/mol. The van der Waals surface area contributed by atoms with E-state index in [9.17, 15) is 0 Å². The van der Waals surface area contributed by atoms with Crippen LogP contribution in [0.15, 0.2) is 0 Å². The standard InChI is InChI=1S/C7H12N4.ClH/c1-5-6(2)10-11(9-5)7-3-8-4-7;/h7-8H,3-4H2,1-2H3;1H. The van der Waals surface area contributed by atoms with Crippen LogP contribution < -0.4 is 5.32 Å². The number of aryl methyl sites for hydroxylation is 2. The summed E-state index contributed by atoms with van der Waals surface area (Å²) in [6, 6.07) is 0.488. The van der Waals surface area contributed by atoms with Crippen LogP contribution in [0.1, 0.15) is 17.4 Å². The molecule has 2 rings (SSSR count). The van der Waals surface area contributed by atoms with E-state index < -0.39 is 0 Å². The highest BCUT2D eigenvalue weighted by Gasteiger charge is 2.20. The van der Waals surface area contributed by atoms with E-state index in [1.807, 2.05) is 18.6 Å². The van der Waals surface area contributed by atoms with E-state index in [2.05, 4.69) is 15.5 Å². The molecule has 12 heavy (non-hydrogen) atoms. The molecule has 0 radical (unpaired) electrons. The van der Waals surface area contributed by atoms with E-state index in [4.69, 9.17) is 0 Å². The molecule has 1 fully saturated rings. The molecule has 2 heterocycles. The van der Waals surface area contributed by atoms with Gasteiger partial charge in [0.15, 0.2) is 0 Å². The molecule has 1 aromatic rings. The molecule has 1 aliphatic heterocycles. The Labute approximate surface area is 77.7 Å². The minimum atomic E-state index is 0. The number of halogens is 1. The quantitative estimate of drug-likeness (QED) is 0.697. The molecule has 0 bridgehead atoms. The third-order valence-electron chi connectivity index (χ3n) is 2.12. The smallest absolute Gasteiger partial charge is 0.0964 e. The summed E-state index contributed by atoms with van der Waals surface area (Å²) in [7, 11) is 0. The van der Waals surface area contributed by atoms with Crippen LogP contribution in [0.5, 0.6) is 0 Å². The molecule has 5 heteroatoms. The van der Waals surface area contributed by atoms with Crippen molar-refractivity contribution in [3.63, 3.8) is 0 Å². The normalized spacial score (nSPS) is 16.8. The summed E-state index contributed by atoms with van der Waals surface area (Å²) in [5, 5.41) is 11.8. The number of rotatable bonds is 1. The zero-order valence-electron chi connectivity index (χ0n) is 7.24. The van der Waals surface area contributed by atoms with Crippen LogP contribution in [0.4, 0.5) is 0 Å². The maximum atomic E-state index is 4.30. The van der Waals surface area contributed by atoms with Gasteiger partial charge in [-0.3, -0.25) is 0 Å². The number of aromatic nitrogens is 3. The summed E-state index contributed by atoms with van der Waals surface area (Å²) in [4.78, 5) is 1.82. The number of nitrogens with zero attached hydrogens (tertiary/aromatic N) is 3. The van der Waals surface area contributed by atoms with E-state index in [0.717, 1.165) is 24.5 Å². The van der Waals surface area contributed by atoms with Crippen molar-refractivity contribution in [2.24, 2.45) is 0 Å². The van der Waals surface area contributed by atoms with Gasteiger partial charge in [0.2, 0.25) is 0 Å². The van der Waals surface area contributed by atoms with E-state index >= 15 is 0 Å². The molecule has 0 atom stereocenters. The average Bonchev–Trinajstić information content (AvgIpc) is 2.08. The first-order chi connectivity index (χ1) is 5.27. The Bertz CT molecular complexity index is 247. The largest absolute Gasteiger partial charge is 0.312 e. The van der Waals surface area contributed by atoms with Crippen molar-refractivity contribution in [1.82, 2.24) is 20.3 Å². The Balaban J connectivity index is 0.000000720. The fourth-order valence-corrected chi connectivity index (χ4v) is 1.07. The second kappa shape index (κ2) is 3.41. The zero-order chi connectivity index (χ0) is 7.84. The molecular formula is C7H13ClN4. The van der Waals surface area contributed by atoms with Crippen molar-refractivity contribution >= 4 is 12.4 Å². The number of hydrogen-bond donors (Lipinski definition) is 1. The minimum Gasteiger partial charge on any atom is -0.312 e. The topological polar surface area (TPSA) is 42.7 Å². The summed E-state index contributed by atoms with van der Waals surface area (Å²) in [5.41, 5.74) is 2.08.